The molecule has 5 rings (SSSR count). The SMILES string of the molecule is COc1ccc([C@H](Cc2c(Cl)c[nH+]cc2Cl)OC(=O)c2cccc(CNc3cccc4cn[nH]c34)c2)cc1OC.[OH-]. The fourth-order valence-electron chi connectivity index (χ4n) is 4.46. The number of benzene rings is 3. The van der Waals surface area contributed by atoms with Gasteiger partial charge in [0.2, 0.25) is 0 Å². The lowest BCUT2D eigenvalue weighted by atomic mass is 10.0. The molecule has 0 fully saturated rings. The van der Waals surface area contributed by atoms with Crippen LogP contribution in [0.5, 0.6) is 11.5 Å². The average molecular weight is 595 g/mol. The van der Waals surface area contributed by atoms with E-state index in [1.807, 2.05) is 42.5 Å². The van der Waals surface area contributed by atoms with Gasteiger partial charge in [0.05, 0.1) is 37.2 Å². The predicted molar refractivity (Wildman–Crippen MR) is 156 cm³/mol. The van der Waals surface area contributed by atoms with Gasteiger partial charge in [-0.05, 0) is 41.5 Å². The van der Waals surface area contributed by atoms with E-state index in [0.717, 1.165) is 22.2 Å². The van der Waals surface area contributed by atoms with Crippen molar-refractivity contribution in [2.75, 3.05) is 19.5 Å². The molecule has 2 aromatic heterocycles. The van der Waals surface area contributed by atoms with Gasteiger partial charge in [-0.25, -0.2) is 9.78 Å². The summed E-state index contributed by atoms with van der Waals surface area (Å²) in [7, 11) is 3.11. The third-order valence-corrected chi connectivity index (χ3v) is 7.21. The number of fused-ring (bicyclic) bond motifs is 1. The standard InChI is InChI=1S/C30H26Cl2N4O4.H2O/c1-38-26-10-9-19(12-28(26)39-2)27(13-22-23(31)16-33-17-24(22)32)40-30(37)20-6-3-5-18(11-20)14-34-25-8-4-7-21-15-35-36-29(21)25;/h3-12,15-17,27,34H,13-14H2,1-2H3,(H,35,36);1H2/t27-;/m0./s1. The third-order valence-electron chi connectivity index (χ3n) is 6.54. The molecule has 4 N–H and O–H groups in total. The lowest BCUT2D eigenvalue weighted by Crippen LogP contribution is -2.16. The zero-order valence-corrected chi connectivity index (χ0v) is 23.8. The topological polar surface area (TPSA) is 130 Å². The van der Waals surface area contributed by atoms with E-state index in [4.69, 9.17) is 37.4 Å². The quantitative estimate of drug-likeness (QED) is 0.182. The highest BCUT2D eigenvalue weighted by atomic mass is 35.5. The van der Waals surface area contributed by atoms with Crippen LogP contribution in [0.1, 0.15) is 33.2 Å². The van der Waals surface area contributed by atoms with Gasteiger partial charge in [0, 0.05) is 23.9 Å². The fourth-order valence-corrected chi connectivity index (χ4v) is 4.99. The summed E-state index contributed by atoms with van der Waals surface area (Å²) >= 11 is 12.9. The minimum absolute atomic E-state index is 0. The van der Waals surface area contributed by atoms with E-state index < -0.39 is 12.1 Å². The van der Waals surface area contributed by atoms with Gasteiger partial charge in [-0.15, -0.1) is 0 Å². The number of halogens is 2. The van der Waals surface area contributed by atoms with Crippen LogP contribution in [0.15, 0.2) is 79.3 Å². The first-order valence-corrected chi connectivity index (χ1v) is 13.2. The molecule has 5 aromatic rings. The van der Waals surface area contributed by atoms with E-state index in [2.05, 4.69) is 20.5 Å². The van der Waals surface area contributed by atoms with Crippen LogP contribution in [0, 0.1) is 0 Å². The molecule has 0 spiro atoms. The molecule has 0 unspecified atom stereocenters. The molecule has 0 aliphatic heterocycles. The molecule has 0 aliphatic rings. The highest BCUT2D eigenvalue weighted by Gasteiger charge is 2.24. The number of nitrogens with zero attached hydrogens (tertiary/aromatic N) is 1. The summed E-state index contributed by atoms with van der Waals surface area (Å²) in [6.07, 6.45) is 4.60. The van der Waals surface area contributed by atoms with Gasteiger partial charge >= 0.3 is 5.97 Å². The number of hydrogen-bond acceptors (Lipinski definition) is 7. The van der Waals surface area contributed by atoms with Crippen molar-refractivity contribution in [1.82, 2.24) is 10.2 Å². The van der Waals surface area contributed by atoms with Crippen LogP contribution < -0.4 is 19.8 Å². The summed E-state index contributed by atoms with van der Waals surface area (Å²) in [6, 6.07) is 18.6. The molecule has 0 bridgehead atoms. The van der Waals surface area contributed by atoms with E-state index in [-0.39, 0.29) is 11.9 Å². The number of carbonyl (C=O) groups excluding carboxylic acids is 1. The number of anilines is 1. The molecule has 0 aliphatic carbocycles. The summed E-state index contributed by atoms with van der Waals surface area (Å²) in [5.41, 5.74) is 4.54. The predicted octanol–water partition coefficient (Wildman–Crippen LogP) is 6.28. The van der Waals surface area contributed by atoms with Crippen molar-refractivity contribution in [1.29, 1.82) is 0 Å². The molecule has 0 amide bonds. The molecular weight excluding hydrogens is 567 g/mol. The van der Waals surface area contributed by atoms with E-state index >= 15 is 0 Å². The maximum atomic E-state index is 13.4. The lowest BCUT2D eigenvalue weighted by molar-refractivity contribution is -0.377. The Hall–Kier alpha value is -4.31. The number of aromatic nitrogens is 3. The summed E-state index contributed by atoms with van der Waals surface area (Å²) in [5.74, 6) is 0.597. The van der Waals surface area contributed by atoms with Gasteiger partial charge in [-0.1, -0.05) is 53.5 Å². The molecule has 11 heteroatoms. The third kappa shape index (κ3) is 6.71. The molecule has 41 heavy (non-hydrogen) atoms. The lowest BCUT2D eigenvalue weighted by Gasteiger charge is -2.21. The Bertz CT molecular complexity index is 1640. The number of methoxy groups -OCH3 is 2. The van der Waals surface area contributed by atoms with Crippen LogP contribution in [-0.4, -0.2) is 35.9 Å². The van der Waals surface area contributed by atoms with Crippen molar-refractivity contribution >= 4 is 45.8 Å². The Balaban J connectivity index is 0.00000387. The smallest absolute Gasteiger partial charge is 0.338 e. The number of nitrogens with one attached hydrogen (secondary N) is 3. The second kappa shape index (κ2) is 13.4. The van der Waals surface area contributed by atoms with E-state index in [0.29, 0.717) is 44.8 Å². The average Bonchev–Trinajstić information content (AvgIpc) is 3.47. The van der Waals surface area contributed by atoms with Gasteiger partial charge in [0.25, 0.3) is 0 Å². The van der Waals surface area contributed by atoms with Gasteiger partial charge < -0.3 is 25.0 Å². The molecule has 3 aromatic carbocycles. The summed E-state index contributed by atoms with van der Waals surface area (Å²) < 4.78 is 16.9. The fraction of sp³-hybridized carbons (Fsp3) is 0.167. The second-order valence-corrected chi connectivity index (χ2v) is 9.85. The highest BCUT2D eigenvalue weighted by molar-refractivity contribution is 6.35. The number of pyridine rings is 1. The molecule has 2 heterocycles. The largest absolute Gasteiger partial charge is 0.870 e. The molecular formula is C30H28Cl2N4O5. The Morgan fingerprint density at radius 3 is 2.51 bits per heavy atom. The number of carbonyl (C=O) groups is 1. The molecule has 212 valence electrons. The normalized spacial score (nSPS) is 11.4. The number of rotatable bonds is 10. The maximum absolute atomic E-state index is 13.4. The van der Waals surface area contributed by atoms with Crippen LogP contribution in [0.4, 0.5) is 5.69 Å². The van der Waals surface area contributed by atoms with E-state index in [1.165, 1.54) is 0 Å². The number of hydrogen-bond donors (Lipinski definition) is 2. The Labute approximate surface area is 246 Å². The van der Waals surface area contributed by atoms with Crippen molar-refractivity contribution in [3.8, 4) is 11.5 Å². The first-order chi connectivity index (χ1) is 19.5. The monoisotopic (exact) mass is 594 g/mol. The second-order valence-electron chi connectivity index (χ2n) is 9.04. The first-order valence-electron chi connectivity index (χ1n) is 12.5. The summed E-state index contributed by atoms with van der Waals surface area (Å²) in [5, 5.41) is 12.4. The number of H-pyrrole nitrogens is 2. The van der Waals surface area contributed by atoms with Crippen molar-refractivity contribution in [3.05, 3.63) is 112 Å². The van der Waals surface area contributed by atoms with Crippen molar-refractivity contribution in [2.24, 2.45) is 0 Å². The van der Waals surface area contributed by atoms with Crippen LogP contribution in [0.3, 0.4) is 0 Å². The molecule has 1 atom stereocenters. The maximum Gasteiger partial charge on any atom is 0.338 e. The van der Waals surface area contributed by atoms with Crippen molar-refractivity contribution < 1.29 is 29.5 Å². The number of ether oxygens (including phenoxy) is 3. The Kier molecular flexibility index (Phi) is 9.67. The number of esters is 1. The minimum Gasteiger partial charge on any atom is -0.870 e. The zero-order valence-electron chi connectivity index (χ0n) is 22.3. The van der Waals surface area contributed by atoms with Crippen molar-refractivity contribution in [2.45, 2.75) is 19.1 Å². The van der Waals surface area contributed by atoms with Gasteiger partial charge in [0.15, 0.2) is 23.9 Å². The number of para-hydroxylation sites is 1. The summed E-state index contributed by atoms with van der Waals surface area (Å²) in [4.78, 5) is 16.3. The molecule has 0 radical (unpaired) electrons. The van der Waals surface area contributed by atoms with Crippen LogP contribution in [0.2, 0.25) is 10.0 Å². The molecule has 0 saturated heterocycles. The Morgan fingerprint density at radius 1 is 1.00 bits per heavy atom. The first kappa shape index (κ1) is 29.7. The number of aromatic amines is 2. The van der Waals surface area contributed by atoms with E-state index in [1.54, 1.807) is 51.0 Å². The van der Waals surface area contributed by atoms with Gasteiger partial charge in [0.1, 0.15) is 16.1 Å². The highest BCUT2D eigenvalue weighted by Crippen LogP contribution is 2.35. The van der Waals surface area contributed by atoms with Crippen LogP contribution in [-0.2, 0) is 17.7 Å². The molecule has 0 saturated carbocycles. The van der Waals surface area contributed by atoms with E-state index in [9.17, 15) is 4.79 Å². The summed E-state index contributed by atoms with van der Waals surface area (Å²) in [6.45, 7) is 0.504. The minimum atomic E-state index is -0.704. The zero-order chi connectivity index (χ0) is 28.1. The molecule has 9 nitrogen and oxygen atoms in total. The van der Waals surface area contributed by atoms with Crippen LogP contribution >= 0.6 is 23.2 Å². The van der Waals surface area contributed by atoms with Gasteiger partial charge in [-0.2, -0.15) is 5.10 Å². The Morgan fingerprint density at radius 2 is 1.76 bits per heavy atom. The van der Waals surface area contributed by atoms with Crippen molar-refractivity contribution in [3.63, 3.8) is 0 Å². The van der Waals surface area contributed by atoms with Gasteiger partial charge in [-0.3, -0.25) is 5.10 Å². The van der Waals surface area contributed by atoms with Crippen LogP contribution in [0.25, 0.3) is 10.9 Å².